The summed E-state index contributed by atoms with van der Waals surface area (Å²) >= 11 is 0. The summed E-state index contributed by atoms with van der Waals surface area (Å²) in [7, 11) is 0. The summed E-state index contributed by atoms with van der Waals surface area (Å²) < 4.78 is 14.0. The maximum Gasteiger partial charge on any atom is 0.408 e. The summed E-state index contributed by atoms with van der Waals surface area (Å²) in [5.41, 5.74) is 2.15. The van der Waals surface area contributed by atoms with Crippen molar-refractivity contribution < 1.29 is 14.3 Å². The Balaban J connectivity index is 1.23. The van der Waals surface area contributed by atoms with E-state index in [9.17, 15) is 4.79 Å². The molecule has 2 saturated carbocycles. The Labute approximate surface area is 205 Å². The molecule has 3 aliphatic rings. The molecular weight excluding hydrogens is 442 g/mol. The minimum Gasteiger partial charge on any atom is -0.474 e. The molecule has 6 rings (SSSR count). The van der Waals surface area contributed by atoms with Crippen molar-refractivity contribution in [2.45, 2.75) is 50.9 Å². The smallest absolute Gasteiger partial charge is 0.408 e. The molecule has 8 nitrogen and oxygen atoms in total. The van der Waals surface area contributed by atoms with E-state index in [4.69, 9.17) is 14.5 Å². The SMILES string of the molecule is CC(C)(OC(=O)NCc1ccccc1)c1cc(OC2C3CNCC32)nc(-n2cc(C3CC3)cn2)c1. The third-order valence-electron chi connectivity index (χ3n) is 7.27. The van der Waals surface area contributed by atoms with Gasteiger partial charge in [0, 0.05) is 49.3 Å². The van der Waals surface area contributed by atoms with Gasteiger partial charge in [0.15, 0.2) is 5.82 Å². The lowest BCUT2D eigenvalue weighted by molar-refractivity contribution is 0.0357. The second kappa shape index (κ2) is 8.68. The van der Waals surface area contributed by atoms with Gasteiger partial charge in [0.05, 0.1) is 6.20 Å². The lowest BCUT2D eigenvalue weighted by atomic mass is 9.99. The Morgan fingerprint density at radius 1 is 1.17 bits per heavy atom. The van der Waals surface area contributed by atoms with Crippen molar-refractivity contribution in [3.05, 3.63) is 71.5 Å². The zero-order valence-electron chi connectivity index (χ0n) is 20.1. The Morgan fingerprint density at radius 2 is 1.94 bits per heavy atom. The average molecular weight is 474 g/mol. The van der Waals surface area contributed by atoms with E-state index in [0.29, 0.717) is 36.0 Å². The van der Waals surface area contributed by atoms with E-state index in [1.165, 1.54) is 18.4 Å². The number of nitrogens with zero attached hydrogens (tertiary/aromatic N) is 3. The molecule has 0 spiro atoms. The molecule has 8 heteroatoms. The van der Waals surface area contributed by atoms with Crippen molar-refractivity contribution in [2.75, 3.05) is 13.1 Å². The number of pyridine rings is 1. The molecule has 1 aliphatic heterocycles. The second-order valence-corrected chi connectivity index (χ2v) is 10.4. The van der Waals surface area contributed by atoms with Crippen LogP contribution >= 0.6 is 0 Å². The molecule has 1 saturated heterocycles. The topological polar surface area (TPSA) is 90.3 Å². The Bertz CT molecular complexity index is 1210. The molecule has 3 aromatic rings. The number of carbonyl (C=O) groups is 1. The van der Waals surface area contributed by atoms with Crippen LogP contribution in [0.2, 0.25) is 0 Å². The van der Waals surface area contributed by atoms with E-state index >= 15 is 0 Å². The molecule has 2 N–H and O–H groups in total. The predicted octanol–water partition coefficient (Wildman–Crippen LogP) is 3.90. The number of nitrogens with one attached hydrogen (secondary N) is 2. The van der Waals surface area contributed by atoms with Crippen LogP contribution in [0.4, 0.5) is 4.79 Å². The Morgan fingerprint density at radius 3 is 2.69 bits per heavy atom. The fraction of sp³-hybridized carbons (Fsp3) is 0.444. The van der Waals surface area contributed by atoms with Gasteiger partial charge < -0.3 is 20.1 Å². The first-order valence-corrected chi connectivity index (χ1v) is 12.4. The quantitative estimate of drug-likeness (QED) is 0.516. The molecule has 2 aromatic heterocycles. The van der Waals surface area contributed by atoms with Crippen LogP contribution in [-0.4, -0.2) is 40.1 Å². The number of fused-ring (bicyclic) bond motifs is 1. The van der Waals surface area contributed by atoms with Gasteiger partial charge in [-0.3, -0.25) is 0 Å². The van der Waals surface area contributed by atoms with E-state index in [0.717, 1.165) is 24.2 Å². The molecule has 2 aliphatic carbocycles. The first kappa shape index (κ1) is 22.1. The van der Waals surface area contributed by atoms with E-state index in [1.807, 2.05) is 68.7 Å². The highest BCUT2D eigenvalue weighted by Gasteiger charge is 2.55. The van der Waals surface area contributed by atoms with Gasteiger partial charge in [-0.25, -0.2) is 9.48 Å². The van der Waals surface area contributed by atoms with Crippen LogP contribution in [0.25, 0.3) is 5.82 Å². The summed E-state index contributed by atoms with van der Waals surface area (Å²) in [6, 6.07) is 13.6. The Kier molecular flexibility index (Phi) is 5.48. The number of amides is 1. The van der Waals surface area contributed by atoms with Gasteiger partial charge in [-0.15, -0.1) is 0 Å². The standard InChI is InChI=1S/C27H31N5O3/c1-27(2,35-26(33)29-12-17-6-4-3-5-7-17)20-10-23(32-16-19(13-30-32)18-8-9-18)31-24(11-20)34-25-21-14-28-15-22(21)25/h3-7,10-11,13,16,18,21-22,25,28H,8-9,12,14-15H2,1-2H3,(H,29,33). The van der Waals surface area contributed by atoms with E-state index < -0.39 is 11.7 Å². The highest BCUT2D eigenvalue weighted by Crippen LogP contribution is 2.45. The number of piperidine rings is 1. The molecule has 3 heterocycles. The zero-order chi connectivity index (χ0) is 24.0. The number of aromatic nitrogens is 3. The van der Waals surface area contributed by atoms with Gasteiger partial charge in [0.25, 0.3) is 0 Å². The highest BCUT2D eigenvalue weighted by molar-refractivity contribution is 5.68. The van der Waals surface area contributed by atoms with E-state index in [-0.39, 0.29) is 6.10 Å². The third kappa shape index (κ3) is 4.75. The van der Waals surface area contributed by atoms with Crippen LogP contribution in [0.15, 0.2) is 54.9 Å². The van der Waals surface area contributed by atoms with Gasteiger partial charge in [-0.2, -0.15) is 10.1 Å². The lowest BCUT2D eigenvalue weighted by Gasteiger charge is -2.26. The van der Waals surface area contributed by atoms with Crippen LogP contribution in [0.1, 0.15) is 49.3 Å². The number of benzene rings is 1. The van der Waals surface area contributed by atoms with Crippen molar-refractivity contribution in [1.82, 2.24) is 25.4 Å². The van der Waals surface area contributed by atoms with Gasteiger partial charge >= 0.3 is 6.09 Å². The number of rotatable bonds is 8. The van der Waals surface area contributed by atoms with Crippen molar-refractivity contribution in [1.29, 1.82) is 0 Å². The predicted molar refractivity (Wildman–Crippen MR) is 130 cm³/mol. The second-order valence-electron chi connectivity index (χ2n) is 10.4. The summed E-state index contributed by atoms with van der Waals surface area (Å²) in [6.45, 7) is 6.14. The molecule has 3 fully saturated rings. The van der Waals surface area contributed by atoms with E-state index in [1.54, 1.807) is 4.68 Å². The van der Waals surface area contributed by atoms with Crippen molar-refractivity contribution in [3.63, 3.8) is 0 Å². The van der Waals surface area contributed by atoms with Crippen LogP contribution in [0, 0.1) is 11.8 Å². The van der Waals surface area contributed by atoms with Crippen LogP contribution in [0.5, 0.6) is 5.88 Å². The zero-order valence-corrected chi connectivity index (χ0v) is 20.1. The molecule has 0 bridgehead atoms. The Hall–Kier alpha value is -3.39. The average Bonchev–Trinajstić information content (AvgIpc) is 3.67. The van der Waals surface area contributed by atoms with Crippen molar-refractivity contribution >= 4 is 6.09 Å². The molecular formula is C27H31N5O3. The number of hydrogen-bond acceptors (Lipinski definition) is 6. The van der Waals surface area contributed by atoms with Crippen LogP contribution < -0.4 is 15.4 Å². The van der Waals surface area contributed by atoms with Crippen molar-refractivity contribution in [2.24, 2.45) is 11.8 Å². The summed E-state index contributed by atoms with van der Waals surface area (Å²) in [5, 5.41) is 10.8. The molecule has 1 aromatic carbocycles. The molecule has 182 valence electrons. The lowest BCUT2D eigenvalue weighted by Crippen LogP contribution is -2.33. The van der Waals surface area contributed by atoms with Crippen LogP contribution in [0.3, 0.4) is 0 Å². The van der Waals surface area contributed by atoms with Gasteiger partial charge in [0.2, 0.25) is 5.88 Å². The number of hydrogen-bond donors (Lipinski definition) is 2. The maximum atomic E-state index is 12.6. The van der Waals surface area contributed by atoms with Gasteiger partial charge in [-0.05, 0) is 49.8 Å². The monoisotopic (exact) mass is 473 g/mol. The minimum absolute atomic E-state index is 0.185. The highest BCUT2D eigenvalue weighted by atomic mass is 16.6. The number of ether oxygens (including phenoxy) is 2. The fourth-order valence-electron chi connectivity index (χ4n) is 4.88. The third-order valence-corrected chi connectivity index (χ3v) is 7.27. The van der Waals surface area contributed by atoms with E-state index in [2.05, 4.69) is 15.7 Å². The van der Waals surface area contributed by atoms with Crippen molar-refractivity contribution in [3.8, 4) is 11.7 Å². The first-order chi connectivity index (χ1) is 17.0. The molecule has 0 radical (unpaired) electrons. The largest absolute Gasteiger partial charge is 0.474 e. The van der Waals surface area contributed by atoms with Gasteiger partial charge in [-0.1, -0.05) is 30.3 Å². The number of alkyl carbamates (subject to hydrolysis) is 1. The molecule has 2 atom stereocenters. The normalized spacial score (nSPS) is 23.0. The maximum absolute atomic E-state index is 12.6. The fourth-order valence-corrected chi connectivity index (χ4v) is 4.88. The van der Waals surface area contributed by atoms with Crippen LogP contribution in [-0.2, 0) is 16.9 Å². The summed E-state index contributed by atoms with van der Waals surface area (Å²) in [4.78, 5) is 17.4. The molecule has 2 unspecified atom stereocenters. The van der Waals surface area contributed by atoms with Gasteiger partial charge in [0.1, 0.15) is 11.7 Å². The summed E-state index contributed by atoms with van der Waals surface area (Å²) in [6.07, 6.45) is 6.10. The number of carbonyl (C=O) groups excluding carboxylic acids is 1. The molecule has 35 heavy (non-hydrogen) atoms. The first-order valence-electron chi connectivity index (χ1n) is 12.4. The summed E-state index contributed by atoms with van der Waals surface area (Å²) in [5.74, 6) is 2.90. The minimum atomic E-state index is -0.899. The molecule has 1 amide bonds.